The Morgan fingerprint density at radius 1 is 1.05 bits per heavy atom. The predicted molar refractivity (Wildman–Crippen MR) is 82.5 cm³/mol. The van der Waals surface area contributed by atoms with Gasteiger partial charge in [-0.15, -0.1) is 0 Å². The van der Waals surface area contributed by atoms with E-state index in [0.717, 1.165) is 18.5 Å². The predicted octanol–water partition coefficient (Wildman–Crippen LogP) is 2.18. The number of hydrogen-bond acceptors (Lipinski definition) is 3. The molecule has 2 fully saturated rings. The van der Waals surface area contributed by atoms with Crippen molar-refractivity contribution in [3.05, 3.63) is 0 Å². The average Bonchev–Trinajstić information content (AvgIpc) is 3.12. The van der Waals surface area contributed by atoms with Gasteiger partial charge in [-0.2, -0.15) is 0 Å². The second-order valence-electron chi connectivity index (χ2n) is 7.75. The quantitative estimate of drug-likeness (QED) is 0.824. The molecule has 0 aromatic carbocycles. The zero-order valence-corrected chi connectivity index (χ0v) is 13.6. The summed E-state index contributed by atoms with van der Waals surface area (Å²) in [6, 6.07) is 1.62. The zero-order chi connectivity index (χ0) is 14.0. The summed E-state index contributed by atoms with van der Waals surface area (Å²) < 4.78 is 0. The summed E-state index contributed by atoms with van der Waals surface area (Å²) in [4.78, 5) is 5.41. The van der Waals surface area contributed by atoms with Crippen LogP contribution in [0, 0.1) is 5.92 Å². The maximum absolute atomic E-state index is 3.69. The van der Waals surface area contributed by atoms with E-state index >= 15 is 0 Å². The molecule has 1 atom stereocenters. The summed E-state index contributed by atoms with van der Waals surface area (Å²) in [5.41, 5.74) is 0.225. The summed E-state index contributed by atoms with van der Waals surface area (Å²) in [7, 11) is 0. The van der Waals surface area contributed by atoms with E-state index in [9.17, 15) is 0 Å². The maximum atomic E-state index is 3.69. The fourth-order valence-corrected chi connectivity index (χ4v) is 3.07. The topological polar surface area (TPSA) is 18.5 Å². The van der Waals surface area contributed by atoms with E-state index in [0.29, 0.717) is 6.04 Å². The standard InChI is InChI=1S/C16H33N3/c1-13(2)15(12-17-16(3,4)5)19-10-8-18(9-11-19)14-6-7-14/h13-15,17H,6-12H2,1-5H3. The molecular formula is C16H33N3. The molecular weight excluding hydrogens is 234 g/mol. The molecule has 1 aliphatic carbocycles. The number of nitrogens with zero attached hydrogens (tertiary/aromatic N) is 2. The highest BCUT2D eigenvalue weighted by molar-refractivity contribution is 4.90. The number of nitrogens with one attached hydrogen (secondary N) is 1. The first-order valence-electron chi connectivity index (χ1n) is 8.10. The van der Waals surface area contributed by atoms with Gasteiger partial charge in [0.05, 0.1) is 0 Å². The third-order valence-corrected chi connectivity index (χ3v) is 4.49. The zero-order valence-electron chi connectivity index (χ0n) is 13.6. The van der Waals surface area contributed by atoms with Crippen LogP contribution in [0.25, 0.3) is 0 Å². The van der Waals surface area contributed by atoms with Crippen LogP contribution in [0.5, 0.6) is 0 Å². The lowest BCUT2D eigenvalue weighted by molar-refractivity contribution is 0.0691. The second kappa shape index (κ2) is 6.11. The molecule has 1 aliphatic heterocycles. The lowest BCUT2D eigenvalue weighted by Crippen LogP contribution is -2.56. The molecule has 112 valence electrons. The van der Waals surface area contributed by atoms with Crippen LogP contribution in [0.4, 0.5) is 0 Å². The first-order valence-corrected chi connectivity index (χ1v) is 8.10. The molecule has 1 unspecified atom stereocenters. The van der Waals surface area contributed by atoms with Gasteiger partial charge in [-0.1, -0.05) is 13.8 Å². The Bertz CT molecular complexity index is 270. The molecule has 3 heteroatoms. The molecule has 0 aromatic rings. The van der Waals surface area contributed by atoms with Gasteiger partial charge in [-0.3, -0.25) is 9.80 Å². The van der Waals surface area contributed by atoms with E-state index in [1.54, 1.807) is 0 Å². The van der Waals surface area contributed by atoms with Crippen molar-refractivity contribution in [2.24, 2.45) is 5.92 Å². The smallest absolute Gasteiger partial charge is 0.0244 e. The first kappa shape index (κ1) is 15.3. The Hall–Kier alpha value is -0.120. The highest BCUT2D eigenvalue weighted by atomic mass is 15.3. The van der Waals surface area contributed by atoms with E-state index in [1.807, 2.05) is 0 Å². The number of hydrogen-bond donors (Lipinski definition) is 1. The normalized spacial score (nSPS) is 24.9. The van der Waals surface area contributed by atoms with Crippen molar-refractivity contribution in [1.29, 1.82) is 0 Å². The molecule has 0 bridgehead atoms. The van der Waals surface area contributed by atoms with E-state index in [1.165, 1.54) is 39.0 Å². The fraction of sp³-hybridized carbons (Fsp3) is 1.00. The van der Waals surface area contributed by atoms with Crippen LogP contribution < -0.4 is 5.32 Å². The van der Waals surface area contributed by atoms with E-state index < -0.39 is 0 Å². The minimum absolute atomic E-state index is 0.225. The van der Waals surface area contributed by atoms with Crippen LogP contribution in [0.15, 0.2) is 0 Å². The van der Waals surface area contributed by atoms with E-state index in [-0.39, 0.29) is 5.54 Å². The van der Waals surface area contributed by atoms with Gasteiger partial charge in [0.2, 0.25) is 0 Å². The lowest BCUT2D eigenvalue weighted by Gasteiger charge is -2.42. The molecule has 19 heavy (non-hydrogen) atoms. The van der Waals surface area contributed by atoms with E-state index in [2.05, 4.69) is 49.7 Å². The van der Waals surface area contributed by atoms with Crippen molar-refractivity contribution in [3.8, 4) is 0 Å². The molecule has 2 rings (SSSR count). The Labute approximate surface area is 119 Å². The minimum atomic E-state index is 0.225. The van der Waals surface area contributed by atoms with Crippen LogP contribution in [0.1, 0.15) is 47.5 Å². The third-order valence-electron chi connectivity index (χ3n) is 4.49. The Kier molecular flexibility index (Phi) is 4.91. The molecule has 2 aliphatic rings. The van der Waals surface area contributed by atoms with Crippen LogP contribution >= 0.6 is 0 Å². The van der Waals surface area contributed by atoms with Gasteiger partial charge >= 0.3 is 0 Å². The van der Waals surface area contributed by atoms with Gasteiger partial charge in [0, 0.05) is 50.3 Å². The summed E-state index contributed by atoms with van der Waals surface area (Å²) in [5.74, 6) is 0.724. The fourth-order valence-electron chi connectivity index (χ4n) is 3.07. The van der Waals surface area contributed by atoms with Crippen molar-refractivity contribution >= 4 is 0 Å². The first-order chi connectivity index (χ1) is 8.87. The van der Waals surface area contributed by atoms with Crippen LogP contribution in [-0.2, 0) is 0 Å². The van der Waals surface area contributed by atoms with E-state index in [4.69, 9.17) is 0 Å². The van der Waals surface area contributed by atoms with Crippen molar-refractivity contribution in [3.63, 3.8) is 0 Å². The average molecular weight is 267 g/mol. The van der Waals surface area contributed by atoms with Crippen molar-refractivity contribution in [2.75, 3.05) is 32.7 Å². The van der Waals surface area contributed by atoms with Gasteiger partial charge in [0.25, 0.3) is 0 Å². The van der Waals surface area contributed by atoms with Gasteiger partial charge in [0.15, 0.2) is 0 Å². The van der Waals surface area contributed by atoms with Crippen LogP contribution in [0.3, 0.4) is 0 Å². The monoisotopic (exact) mass is 267 g/mol. The lowest BCUT2D eigenvalue weighted by atomic mass is 9.99. The minimum Gasteiger partial charge on any atom is -0.311 e. The van der Waals surface area contributed by atoms with Crippen LogP contribution in [0.2, 0.25) is 0 Å². The van der Waals surface area contributed by atoms with Gasteiger partial charge in [0.1, 0.15) is 0 Å². The molecule has 1 heterocycles. The maximum Gasteiger partial charge on any atom is 0.0244 e. The number of rotatable bonds is 5. The van der Waals surface area contributed by atoms with Crippen molar-refractivity contribution in [2.45, 2.75) is 65.1 Å². The van der Waals surface area contributed by atoms with Gasteiger partial charge < -0.3 is 5.32 Å². The van der Waals surface area contributed by atoms with Crippen LogP contribution in [-0.4, -0.2) is 60.1 Å². The summed E-state index contributed by atoms with van der Waals surface area (Å²) >= 11 is 0. The highest BCUT2D eigenvalue weighted by Crippen LogP contribution is 2.28. The van der Waals surface area contributed by atoms with Gasteiger partial charge in [-0.25, -0.2) is 0 Å². The SMILES string of the molecule is CC(C)C(CNC(C)(C)C)N1CCN(C2CC2)CC1. The largest absolute Gasteiger partial charge is 0.311 e. The van der Waals surface area contributed by atoms with Crippen molar-refractivity contribution in [1.82, 2.24) is 15.1 Å². The Morgan fingerprint density at radius 3 is 2.05 bits per heavy atom. The molecule has 1 N–H and O–H groups in total. The molecule has 0 radical (unpaired) electrons. The molecule has 1 saturated carbocycles. The highest BCUT2D eigenvalue weighted by Gasteiger charge is 2.33. The molecule has 3 nitrogen and oxygen atoms in total. The summed E-state index contributed by atoms with van der Waals surface area (Å²) in [6.45, 7) is 17.7. The molecule has 0 spiro atoms. The third kappa shape index (κ3) is 4.73. The summed E-state index contributed by atoms with van der Waals surface area (Å²) in [6.07, 6.45) is 2.89. The molecule has 1 saturated heterocycles. The Morgan fingerprint density at radius 2 is 1.63 bits per heavy atom. The Balaban J connectivity index is 1.81. The molecule has 0 amide bonds. The summed E-state index contributed by atoms with van der Waals surface area (Å²) in [5, 5.41) is 3.69. The van der Waals surface area contributed by atoms with Crippen molar-refractivity contribution < 1.29 is 0 Å². The second-order valence-corrected chi connectivity index (χ2v) is 7.75. The molecule has 0 aromatic heterocycles. The number of piperazine rings is 1. The van der Waals surface area contributed by atoms with Gasteiger partial charge in [-0.05, 0) is 39.5 Å².